The molecule has 0 aliphatic heterocycles. The van der Waals surface area contributed by atoms with Crippen molar-refractivity contribution < 1.29 is 0 Å². The van der Waals surface area contributed by atoms with Gasteiger partial charge in [-0.15, -0.1) is 15.3 Å². The highest BCUT2D eigenvalue weighted by atomic mass is 15.4. The minimum Gasteiger partial charge on any atom is -0.380 e. The minimum atomic E-state index is 0.131. The number of nitrogens with two attached hydrogens (primary N) is 2. The summed E-state index contributed by atoms with van der Waals surface area (Å²) in [4.78, 5) is 4.12. The monoisotopic (exact) mass is 345 g/mol. The van der Waals surface area contributed by atoms with Gasteiger partial charge in [-0.25, -0.2) is 0 Å². The van der Waals surface area contributed by atoms with E-state index >= 15 is 0 Å². The lowest BCUT2D eigenvalue weighted by atomic mass is 10.1. The Kier molecular flexibility index (Phi) is 3.86. The maximum absolute atomic E-state index is 5.92. The van der Waals surface area contributed by atoms with E-state index < -0.39 is 0 Å². The number of rotatable bonds is 4. The van der Waals surface area contributed by atoms with Gasteiger partial charge in [-0.1, -0.05) is 48.5 Å². The number of aromatic nitrogens is 5. The number of azo groups is 1. The summed E-state index contributed by atoms with van der Waals surface area (Å²) in [6, 6.07) is 19.0. The minimum absolute atomic E-state index is 0.131. The summed E-state index contributed by atoms with van der Waals surface area (Å²) >= 11 is 0. The van der Waals surface area contributed by atoms with Gasteiger partial charge in [-0.05, 0) is 12.1 Å². The van der Waals surface area contributed by atoms with Crippen molar-refractivity contribution in [1.29, 1.82) is 0 Å². The summed E-state index contributed by atoms with van der Waals surface area (Å²) in [6.07, 6.45) is 0. The van der Waals surface area contributed by atoms with Gasteiger partial charge in [-0.3, -0.25) is 5.10 Å². The number of anilines is 2. The molecule has 5 N–H and O–H groups in total. The molecule has 0 bridgehead atoms. The normalized spacial score (nSPS) is 11.2. The van der Waals surface area contributed by atoms with Crippen molar-refractivity contribution in [2.24, 2.45) is 10.2 Å². The van der Waals surface area contributed by atoms with Crippen LogP contribution in [-0.2, 0) is 0 Å². The molecule has 128 valence electrons. The zero-order chi connectivity index (χ0) is 17.9. The zero-order valence-electron chi connectivity index (χ0n) is 13.6. The maximum Gasteiger partial charge on any atom is 0.289 e. The first kappa shape index (κ1) is 15.5. The number of nitrogens with one attached hydrogen (secondary N) is 1. The van der Waals surface area contributed by atoms with Gasteiger partial charge in [0.1, 0.15) is 0 Å². The molecule has 0 aliphatic rings. The summed E-state index contributed by atoms with van der Waals surface area (Å²) in [5.41, 5.74) is 14.6. The quantitative estimate of drug-likeness (QED) is 0.488. The van der Waals surface area contributed by atoms with E-state index in [1.54, 1.807) is 0 Å². The number of para-hydroxylation sites is 1. The standard InChI is InChI=1S/C17H15N9/c18-15-14(13(21-23-15)11-7-3-1-4-8-11)22-24-17-20-16(19)26(25-17)12-9-5-2-6-10-12/h1-10H,(H3,18,21,23)(H2,19,20,25). The third kappa shape index (κ3) is 2.88. The molecule has 0 unspecified atom stereocenters. The topological polar surface area (TPSA) is 136 Å². The Morgan fingerprint density at radius 3 is 2.31 bits per heavy atom. The molecule has 2 heterocycles. The Morgan fingerprint density at radius 1 is 0.885 bits per heavy atom. The molecule has 0 spiro atoms. The highest BCUT2D eigenvalue weighted by Gasteiger charge is 2.13. The van der Waals surface area contributed by atoms with Crippen LogP contribution < -0.4 is 11.5 Å². The van der Waals surface area contributed by atoms with Crippen LogP contribution in [0, 0.1) is 0 Å². The first-order valence-corrected chi connectivity index (χ1v) is 7.81. The first-order chi connectivity index (χ1) is 12.7. The molecule has 2 aromatic heterocycles. The van der Waals surface area contributed by atoms with Crippen LogP contribution in [-0.4, -0.2) is 25.0 Å². The van der Waals surface area contributed by atoms with Crippen molar-refractivity contribution in [1.82, 2.24) is 25.0 Å². The largest absolute Gasteiger partial charge is 0.380 e. The van der Waals surface area contributed by atoms with Crippen LogP contribution in [0.25, 0.3) is 16.9 Å². The molecule has 9 nitrogen and oxygen atoms in total. The zero-order valence-corrected chi connectivity index (χ0v) is 13.6. The second-order valence-corrected chi connectivity index (χ2v) is 5.42. The van der Waals surface area contributed by atoms with Gasteiger partial charge in [0.15, 0.2) is 11.5 Å². The van der Waals surface area contributed by atoms with Crippen LogP contribution in [0.3, 0.4) is 0 Å². The number of hydrogen-bond acceptors (Lipinski definition) is 7. The van der Waals surface area contributed by atoms with Gasteiger partial charge < -0.3 is 11.5 Å². The average molecular weight is 345 g/mol. The molecule has 0 radical (unpaired) electrons. The highest BCUT2D eigenvalue weighted by Crippen LogP contribution is 2.33. The van der Waals surface area contributed by atoms with E-state index in [1.165, 1.54) is 4.68 Å². The van der Waals surface area contributed by atoms with Crippen molar-refractivity contribution in [3.8, 4) is 16.9 Å². The Morgan fingerprint density at radius 2 is 1.58 bits per heavy atom. The van der Waals surface area contributed by atoms with Crippen LogP contribution in [0.1, 0.15) is 0 Å². The lowest BCUT2D eigenvalue weighted by Gasteiger charge is -2.00. The summed E-state index contributed by atoms with van der Waals surface area (Å²) in [6.45, 7) is 0. The van der Waals surface area contributed by atoms with Crippen molar-refractivity contribution in [3.05, 3.63) is 60.7 Å². The lowest BCUT2D eigenvalue weighted by Crippen LogP contribution is -2.01. The second-order valence-electron chi connectivity index (χ2n) is 5.42. The predicted molar refractivity (Wildman–Crippen MR) is 98.4 cm³/mol. The van der Waals surface area contributed by atoms with Gasteiger partial charge in [0.05, 0.1) is 11.4 Å². The molecule has 0 aliphatic carbocycles. The molecular formula is C17H15N9. The Hall–Kier alpha value is -4.01. The van der Waals surface area contributed by atoms with E-state index in [4.69, 9.17) is 11.5 Å². The third-order valence-corrected chi connectivity index (χ3v) is 3.69. The molecular weight excluding hydrogens is 330 g/mol. The van der Waals surface area contributed by atoms with E-state index in [9.17, 15) is 0 Å². The van der Waals surface area contributed by atoms with E-state index in [0.717, 1.165) is 11.3 Å². The molecule has 0 saturated heterocycles. The predicted octanol–water partition coefficient (Wildman–Crippen LogP) is 3.24. The fraction of sp³-hybridized carbons (Fsp3) is 0. The van der Waals surface area contributed by atoms with E-state index in [1.807, 2.05) is 60.7 Å². The SMILES string of the molecule is Nc1n[nH]c(-c2ccccc2)c1N=Nc1nc(N)n(-c2ccccc2)n1. The Bertz CT molecular complexity index is 1050. The van der Waals surface area contributed by atoms with Gasteiger partial charge in [0.2, 0.25) is 5.95 Å². The molecule has 9 heteroatoms. The molecule has 4 rings (SSSR count). The van der Waals surface area contributed by atoms with Crippen LogP contribution in [0.4, 0.5) is 23.4 Å². The van der Waals surface area contributed by atoms with Crippen LogP contribution in [0.5, 0.6) is 0 Å². The summed E-state index contributed by atoms with van der Waals surface area (Å²) in [5, 5.41) is 19.4. The molecule has 4 aromatic rings. The summed E-state index contributed by atoms with van der Waals surface area (Å²) < 4.78 is 1.49. The number of aromatic amines is 1. The molecule has 0 atom stereocenters. The fourth-order valence-electron chi connectivity index (χ4n) is 2.47. The van der Waals surface area contributed by atoms with Crippen LogP contribution >= 0.6 is 0 Å². The Labute approximate surface area is 148 Å². The molecule has 2 aromatic carbocycles. The number of nitrogens with zero attached hydrogens (tertiary/aromatic N) is 6. The van der Waals surface area contributed by atoms with Crippen molar-refractivity contribution in [2.45, 2.75) is 0 Å². The summed E-state index contributed by atoms with van der Waals surface area (Å²) in [5.74, 6) is 0.586. The fourth-order valence-corrected chi connectivity index (χ4v) is 2.47. The maximum atomic E-state index is 5.92. The number of hydrogen-bond donors (Lipinski definition) is 3. The van der Waals surface area contributed by atoms with Crippen molar-refractivity contribution >= 4 is 23.4 Å². The second kappa shape index (κ2) is 6.48. The molecule has 26 heavy (non-hydrogen) atoms. The third-order valence-electron chi connectivity index (χ3n) is 3.69. The van der Waals surface area contributed by atoms with Crippen molar-refractivity contribution in [2.75, 3.05) is 11.5 Å². The van der Waals surface area contributed by atoms with Gasteiger partial charge >= 0.3 is 0 Å². The lowest BCUT2D eigenvalue weighted by molar-refractivity contribution is 0.885. The van der Waals surface area contributed by atoms with E-state index in [0.29, 0.717) is 11.4 Å². The highest BCUT2D eigenvalue weighted by molar-refractivity contribution is 5.79. The molecule has 0 fully saturated rings. The van der Waals surface area contributed by atoms with Gasteiger partial charge in [0, 0.05) is 5.56 Å². The number of nitrogen functional groups attached to an aromatic ring is 2. The number of benzene rings is 2. The average Bonchev–Trinajstić information content (AvgIpc) is 3.24. The smallest absolute Gasteiger partial charge is 0.289 e. The van der Waals surface area contributed by atoms with Crippen LogP contribution in [0.2, 0.25) is 0 Å². The van der Waals surface area contributed by atoms with Gasteiger partial charge in [0.25, 0.3) is 5.95 Å². The molecule has 0 amide bonds. The van der Waals surface area contributed by atoms with E-state index in [2.05, 4.69) is 30.5 Å². The number of H-pyrrole nitrogens is 1. The van der Waals surface area contributed by atoms with Gasteiger partial charge in [-0.2, -0.15) is 14.8 Å². The van der Waals surface area contributed by atoms with E-state index in [-0.39, 0.29) is 17.7 Å². The molecule has 0 saturated carbocycles. The summed E-state index contributed by atoms with van der Waals surface area (Å²) in [7, 11) is 0. The Balaban J connectivity index is 1.67. The van der Waals surface area contributed by atoms with Crippen molar-refractivity contribution in [3.63, 3.8) is 0 Å². The van der Waals surface area contributed by atoms with Crippen LogP contribution in [0.15, 0.2) is 70.9 Å². The first-order valence-electron chi connectivity index (χ1n) is 7.81.